The highest BCUT2D eigenvalue weighted by molar-refractivity contribution is 5.68. The van der Waals surface area contributed by atoms with Crippen LogP contribution in [0.3, 0.4) is 0 Å². The van der Waals surface area contributed by atoms with E-state index >= 15 is 0 Å². The first-order valence-electron chi connectivity index (χ1n) is 7.39. The summed E-state index contributed by atoms with van der Waals surface area (Å²) in [7, 11) is 1.81. The van der Waals surface area contributed by atoms with E-state index < -0.39 is 17.8 Å². The van der Waals surface area contributed by atoms with E-state index in [1.165, 1.54) is 4.90 Å². The molecule has 0 aliphatic heterocycles. The van der Waals surface area contributed by atoms with Crippen molar-refractivity contribution in [1.82, 2.24) is 25.2 Å². The summed E-state index contributed by atoms with van der Waals surface area (Å²) >= 11 is 0. The van der Waals surface area contributed by atoms with Crippen molar-refractivity contribution >= 4 is 6.09 Å². The lowest BCUT2D eigenvalue weighted by molar-refractivity contribution is 0.0164. The molecule has 0 spiro atoms. The molecule has 8 heteroatoms. The minimum Gasteiger partial charge on any atom is -0.444 e. The highest BCUT2D eigenvalue weighted by Crippen LogP contribution is 2.10. The van der Waals surface area contributed by atoms with Crippen LogP contribution < -0.4 is 5.32 Å². The molecule has 1 heterocycles. The number of nitrogens with zero attached hydrogens (tertiary/aromatic N) is 4. The Kier molecular flexibility index (Phi) is 6.76. The maximum absolute atomic E-state index is 12.1. The number of nitrogens with one attached hydrogen (secondary N) is 1. The van der Waals surface area contributed by atoms with Crippen LogP contribution in [0.15, 0.2) is 6.20 Å². The van der Waals surface area contributed by atoms with Crippen molar-refractivity contribution in [3.63, 3.8) is 0 Å². The van der Waals surface area contributed by atoms with Gasteiger partial charge in [-0.2, -0.15) is 0 Å². The fourth-order valence-corrected chi connectivity index (χ4v) is 1.81. The van der Waals surface area contributed by atoms with Crippen LogP contribution in [0.2, 0.25) is 0 Å². The van der Waals surface area contributed by atoms with E-state index in [1.807, 2.05) is 34.0 Å². The molecule has 1 unspecified atom stereocenters. The molecule has 0 saturated carbocycles. The molecule has 1 atom stereocenters. The Bertz CT molecular complexity index is 467. The van der Waals surface area contributed by atoms with Gasteiger partial charge >= 0.3 is 6.09 Å². The van der Waals surface area contributed by atoms with Crippen molar-refractivity contribution in [2.45, 2.75) is 45.9 Å². The number of hydrogen-bond acceptors (Lipinski definition) is 6. The maximum atomic E-state index is 12.1. The average Bonchev–Trinajstić information content (AvgIpc) is 2.76. The molecular formula is C14H27N5O3. The quantitative estimate of drug-likeness (QED) is 0.713. The Morgan fingerprint density at radius 2 is 2.23 bits per heavy atom. The number of aliphatic hydroxyl groups excluding tert-OH is 1. The highest BCUT2D eigenvalue weighted by atomic mass is 16.6. The number of aliphatic hydroxyl groups is 1. The average molecular weight is 313 g/mol. The van der Waals surface area contributed by atoms with Crippen LogP contribution in [-0.4, -0.2) is 62.4 Å². The number of hydrogen-bond donors (Lipinski definition) is 2. The lowest BCUT2D eigenvalue weighted by Gasteiger charge is -2.28. The van der Waals surface area contributed by atoms with Crippen LogP contribution in [-0.2, 0) is 18.3 Å². The number of aryl methyl sites for hydroxylation is 1. The summed E-state index contributed by atoms with van der Waals surface area (Å²) in [6.45, 7) is 8.92. The Balaban J connectivity index is 2.42. The first kappa shape index (κ1) is 18.4. The lowest BCUT2D eigenvalue weighted by atomic mass is 10.2. The molecule has 1 amide bonds. The molecule has 1 rings (SSSR count). The number of carbonyl (C=O) groups is 1. The topological polar surface area (TPSA) is 92.5 Å². The molecule has 1 aromatic heterocycles. The van der Waals surface area contributed by atoms with Crippen molar-refractivity contribution in [1.29, 1.82) is 0 Å². The van der Waals surface area contributed by atoms with Gasteiger partial charge in [-0.25, -0.2) is 4.79 Å². The molecule has 2 N–H and O–H groups in total. The Morgan fingerprint density at radius 3 is 2.73 bits per heavy atom. The SMILES string of the molecule is CC(O)CN(CCNCc1cn(C)nn1)C(=O)OC(C)(C)C. The smallest absolute Gasteiger partial charge is 0.410 e. The molecular weight excluding hydrogens is 286 g/mol. The van der Waals surface area contributed by atoms with Crippen LogP contribution in [0, 0.1) is 0 Å². The third-order valence-electron chi connectivity index (χ3n) is 2.65. The van der Waals surface area contributed by atoms with E-state index in [0.29, 0.717) is 19.6 Å². The number of amides is 1. The normalized spacial score (nSPS) is 13.0. The first-order chi connectivity index (χ1) is 10.2. The van der Waals surface area contributed by atoms with Gasteiger partial charge in [0.2, 0.25) is 0 Å². The van der Waals surface area contributed by atoms with Crippen LogP contribution in [0.1, 0.15) is 33.4 Å². The van der Waals surface area contributed by atoms with Gasteiger partial charge in [-0.05, 0) is 27.7 Å². The molecule has 22 heavy (non-hydrogen) atoms. The predicted octanol–water partition coefficient (Wildman–Crippen LogP) is 0.523. The van der Waals surface area contributed by atoms with Crippen molar-refractivity contribution in [3.05, 3.63) is 11.9 Å². The standard InChI is InChI=1S/C14H27N5O3/c1-11(20)9-19(13(21)22-14(2,3)4)7-6-15-8-12-10-18(5)17-16-12/h10-11,15,20H,6-9H2,1-5H3. The van der Waals surface area contributed by atoms with E-state index in [4.69, 9.17) is 4.74 Å². The second-order valence-electron chi connectivity index (χ2n) is 6.34. The third kappa shape index (κ3) is 7.37. The first-order valence-corrected chi connectivity index (χ1v) is 7.39. The molecule has 0 fully saturated rings. The Morgan fingerprint density at radius 1 is 1.55 bits per heavy atom. The predicted molar refractivity (Wildman–Crippen MR) is 82.2 cm³/mol. The summed E-state index contributed by atoms with van der Waals surface area (Å²) in [6.07, 6.45) is 0.802. The lowest BCUT2D eigenvalue weighted by Crippen LogP contribution is -2.43. The summed E-state index contributed by atoms with van der Waals surface area (Å²) in [5, 5.41) is 20.5. The van der Waals surface area contributed by atoms with Gasteiger partial charge in [-0.1, -0.05) is 5.21 Å². The Labute approximate surface area is 131 Å². The van der Waals surface area contributed by atoms with Crippen molar-refractivity contribution in [3.8, 4) is 0 Å². The molecule has 0 aliphatic rings. The van der Waals surface area contributed by atoms with E-state index in [2.05, 4.69) is 15.6 Å². The fraction of sp³-hybridized carbons (Fsp3) is 0.786. The second-order valence-corrected chi connectivity index (χ2v) is 6.34. The largest absolute Gasteiger partial charge is 0.444 e. The van der Waals surface area contributed by atoms with Crippen molar-refractivity contribution in [2.75, 3.05) is 19.6 Å². The number of ether oxygens (including phenoxy) is 1. The number of carbonyl (C=O) groups excluding carboxylic acids is 1. The number of rotatable bonds is 7. The van der Waals surface area contributed by atoms with Crippen LogP contribution in [0.25, 0.3) is 0 Å². The van der Waals surface area contributed by atoms with Gasteiger partial charge in [0.05, 0.1) is 11.8 Å². The van der Waals surface area contributed by atoms with Gasteiger partial charge in [0.1, 0.15) is 5.60 Å². The molecule has 0 aromatic carbocycles. The monoisotopic (exact) mass is 313 g/mol. The van der Waals surface area contributed by atoms with Gasteiger partial charge in [-0.3, -0.25) is 4.68 Å². The van der Waals surface area contributed by atoms with Crippen LogP contribution in [0.5, 0.6) is 0 Å². The van der Waals surface area contributed by atoms with E-state index in [9.17, 15) is 9.90 Å². The van der Waals surface area contributed by atoms with Gasteiger partial charge < -0.3 is 20.1 Å². The van der Waals surface area contributed by atoms with Crippen LogP contribution in [0.4, 0.5) is 4.79 Å². The van der Waals surface area contributed by atoms with E-state index in [-0.39, 0.29) is 6.54 Å². The fourth-order valence-electron chi connectivity index (χ4n) is 1.81. The summed E-state index contributed by atoms with van der Waals surface area (Å²) < 4.78 is 6.98. The minimum atomic E-state index is -0.604. The van der Waals surface area contributed by atoms with Crippen molar-refractivity contribution < 1.29 is 14.6 Å². The zero-order chi connectivity index (χ0) is 16.8. The zero-order valence-corrected chi connectivity index (χ0v) is 14.0. The molecule has 0 aliphatic carbocycles. The van der Waals surface area contributed by atoms with Gasteiger partial charge in [-0.15, -0.1) is 5.10 Å². The van der Waals surface area contributed by atoms with Crippen LogP contribution >= 0.6 is 0 Å². The van der Waals surface area contributed by atoms with E-state index in [1.54, 1.807) is 11.6 Å². The maximum Gasteiger partial charge on any atom is 0.410 e. The molecule has 126 valence electrons. The van der Waals surface area contributed by atoms with Gasteiger partial charge in [0.15, 0.2) is 0 Å². The minimum absolute atomic E-state index is 0.238. The van der Waals surface area contributed by atoms with Gasteiger partial charge in [0.25, 0.3) is 0 Å². The molecule has 0 bridgehead atoms. The second kappa shape index (κ2) is 8.09. The summed E-state index contributed by atoms with van der Waals surface area (Å²) in [4.78, 5) is 13.6. The van der Waals surface area contributed by atoms with E-state index in [0.717, 1.165) is 5.69 Å². The Hall–Kier alpha value is -1.67. The zero-order valence-electron chi connectivity index (χ0n) is 14.0. The third-order valence-corrected chi connectivity index (χ3v) is 2.65. The molecule has 1 aromatic rings. The highest BCUT2D eigenvalue weighted by Gasteiger charge is 2.22. The number of aromatic nitrogens is 3. The van der Waals surface area contributed by atoms with Crippen molar-refractivity contribution in [2.24, 2.45) is 7.05 Å². The molecule has 0 saturated heterocycles. The summed E-state index contributed by atoms with van der Waals surface area (Å²) in [5.74, 6) is 0. The summed E-state index contributed by atoms with van der Waals surface area (Å²) in [5.41, 5.74) is 0.281. The van der Waals surface area contributed by atoms with Gasteiger partial charge in [0, 0.05) is 39.4 Å². The summed E-state index contributed by atoms with van der Waals surface area (Å²) in [6, 6.07) is 0. The molecule has 8 nitrogen and oxygen atoms in total. The molecule has 0 radical (unpaired) electrons.